The van der Waals surface area contributed by atoms with Gasteiger partial charge in [-0.05, 0) is 40.2 Å². The third kappa shape index (κ3) is 3.41. The summed E-state index contributed by atoms with van der Waals surface area (Å²) in [5, 5.41) is 0.462. The number of hydrogen-bond acceptors (Lipinski definition) is 3. The van der Waals surface area contributed by atoms with E-state index in [-0.39, 0.29) is 19.9 Å². The summed E-state index contributed by atoms with van der Waals surface area (Å²) >= 11 is 15.4. The average Bonchev–Trinajstić information content (AvgIpc) is 2.64. The van der Waals surface area contributed by atoms with Crippen molar-refractivity contribution in [3.63, 3.8) is 0 Å². The Hall–Kier alpha value is -0.340. The van der Waals surface area contributed by atoms with E-state index in [1.54, 1.807) is 0 Å². The zero-order chi connectivity index (χ0) is 14.2. The van der Waals surface area contributed by atoms with Gasteiger partial charge in [-0.2, -0.15) is 0 Å². The SMILES string of the molecule is O=S(=O)(Nc1ccc(Cl)cc1F)c1cc(Cl)c(Br)s1. The van der Waals surface area contributed by atoms with Gasteiger partial charge in [-0.1, -0.05) is 23.2 Å². The molecule has 0 atom stereocenters. The number of rotatable bonds is 3. The Kier molecular flexibility index (Phi) is 4.42. The molecule has 1 N–H and O–H groups in total. The maximum Gasteiger partial charge on any atom is 0.271 e. The minimum Gasteiger partial charge on any atom is -0.276 e. The molecule has 1 aromatic carbocycles. The van der Waals surface area contributed by atoms with Crippen LogP contribution in [0.2, 0.25) is 10.0 Å². The summed E-state index contributed by atoms with van der Waals surface area (Å²) in [7, 11) is -3.88. The van der Waals surface area contributed by atoms with Gasteiger partial charge >= 0.3 is 0 Å². The lowest BCUT2D eigenvalue weighted by atomic mass is 10.3. The molecule has 19 heavy (non-hydrogen) atoms. The minimum atomic E-state index is -3.88. The fourth-order valence-electron chi connectivity index (χ4n) is 1.23. The second-order valence-corrected chi connectivity index (χ2v) is 8.54. The molecule has 0 fully saturated rings. The van der Waals surface area contributed by atoms with Gasteiger partial charge in [0.05, 0.1) is 14.5 Å². The van der Waals surface area contributed by atoms with Crippen LogP contribution in [0.15, 0.2) is 32.3 Å². The van der Waals surface area contributed by atoms with Gasteiger partial charge in [0.1, 0.15) is 10.0 Å². The van der Waals surface area contributed by atoms with Crippen molar-refractivity contribution < 1.29 is 12.8 Å². The molecule has 3 nitrogen and oxygen atoms in total. The summed E-state index contributed by atoms with van der Waals surface area (Å²) in [6, 6.07) is 4.95. The Morgan fingerprint density at radius 1 is 1.26 bits per heavy atom. The Morgan fingerprint density at radius 2 is 1.95 bits per heavy atom. The number of anilines is 1. The smallest absolute Gasteiger partial charge is 0.271 e. The van der Waals surface area contributed by atoms with Crippen molar-refractivity contribution in [3.05, 3.63) is 43.9 Å². The summed E-state index contributed by atoms with van der Waals surface area (Å²) in [5.74, 6) is -0.752. The molecule has 0 radical (unpaired) electrons. The summed E-state index contributed by atoms with van der Waals surface area (Å²) in [6.07, 6.45) is 0. The van der Waals surface area contributed by atoms with Crippen LogP contribution < -0.4 is 4.72 Å². The summed E-state index contributed by atoms with van der Waals surface area (Å²) in [4.78, 5) is 0. The number of nitrogens with one attached hydrogen (secondary N) is 1. The van der Waals surface area contributed by atoms with Crippen molar-refractivity contribution in [2.75, 3.05) is 4.72 Å². The molecule has 9 heteroatoms. The Morgan fingerprint density at radius 3 is 2.47 bits per heavy atom. The predicted octanol–water partition coefficient (Wildman–Crippen LogP) is 4.76. The molecular weight excluding hydrogens is 400 g/mol. The van der Waals surface area contributed by atoms with E-state index >= 15 is 0 Å². The Balaban J connectivity index is 2.36. The second-order valence-electron chi connectivity index (χ2n) is 3.42. The van der Waals surface area contributed by atoms with Gasteiger partial charge in [0.15, 0.2) is 0 Å². The van der Waals surface area contributed by atoms with E-state index in [1.807, 2.05) is 0 Å². The predicted molar refractivity (Wildman–Crippen MR) is 79.2 cm³/mol. The lowest BCUT2D eigenvalue weighted by Crippen LogP contribution is -2.12. The van der Waals surface area contributed by atoms with E-state index in [0.29, 0.717) is 3.79 Å². The van der Waals surface area contributed by atoms with Gasteiger partial charge in [0.25, 0.3) is 10.0 Å². The second kappa shape index (κ2) is 5.57. The first-order valence-corrected chi connectivity index (χ1v) is 8.57. The van der Waals surface area contributed by atoms with Crippen LogP contribution in [-0.2, 0) is 10.0 Å². The van der Waals surface area contributed by atoms with Crippen molar-refractivity contribution >= 4 is 66.2 Å². The van der Waals surface area contributed by atoms with E-state index in [2.05, 4.69) is 20.7 Å². The number of halogens is 4. The van der Waals surface area contributed by atoms with Crippen molar-refractivity contribution in [3.8, 4) is 0 Å². The normalized spacial score (nSPS) is 11.6. The van der Waals surface area contributed by atoms with Gasteiger partial charge in [-0.15, -0.1) is 11.3 Å². The fourth-order valence-corrected chi connectivity index (χ4v) is 4.85. The van der Waals surface area contributed by atoms with Crippen LogP contribution in [0.1, 0.15) is 0 Å². The topological polar surface area (TPSA) is 46.2 Å². The molecule has 2 rings (SSSR count). The zero-order valence-corrected chi connectivity index (χ0v) is 13.7. The van der Waals surface area contributed by atoms with E-state index in [4.69, 9.17) is 23.2 Å². The van der Waals surface area contributed by atoms with Gasteiger partial charge in [0.2, 0.25) is 0 Å². The third-order valence-electron chi connectivity index (χ3n) is 2.06. The Labute approximate surface area is 131 Å². The fraction of sp³-hybridized carbons (Fsp3) is 0. The molecule has 0 saturated heterocycles. The number of benzene rings is 1. The maximum absolute atomic E-state index is 13.5. The average molecular weight is 405 g/mol. The highest BCUT2D eigenvalue weighted by atomic mass is 79.9. The van der Waals surface area contributed by atoms with Crippen molar-refractivity contribution in [1.82, 2.24) is 0 Å². The summed E-state index contributed by atoms with van der Waals surface area (Å²) < 4.78 is 40.2. The van der Waals surface area contributed by atoms with Crippen molar-refractivity contribution in [2.45, 2.75) is 4.21 Å². The monoisotopic (exact) mass is 403 g/mol. The molecule has 2 aromatic rings. The molecule has 102 valence electrons. The van der Waals surface area contributed by atoms with Crippen LogP contribution in [-0.4, -0.2) is 8.42 Å². The van der Waals surface area contributed by atoms with Gasteiger partial charge in [-0.25, -0.2) is 12.8 Å². The van der Waals surface area contributed by atoms with Crippen LogP contribution in [0.4, 0.5) is 10.1 Å². The molecule has 1 aromatic heterocycles. The van der Waals surface area contributed by atoms with Crippen LogP contribution in [0.3, 0.4) is 0 Å². The lowest BCUT2D eigenvalue weighted by molar-refractivity contribution is 0.600. The van der Waals surface area contributed by atoms with Crippen molar-refractivity contribution in [2.24, 2.45) is 0 Å². The van der Waals surface area contributed by atoms with E-state index in [0.717, 1.165) is 17.4 Å². The summed E-state index contributed by atoms with van der Waals surface area (Å²) in [6.45, 7) is 0. The highest BCUT2D eigenvalue weighted by molar-refractivity contribution is 9.11. The molecule has 1 heterocycles. The lowest BCUT2D eigenvalue weighted by Gasteiger charge is -2.07. The van der Waals surface area contributed by atoms with Gasteiger partial charge in [0, 0.05) is 5.02 Å². The summed E-state index contributed by atoms with van der Waals surface area (Å²) in [5.41, 5.74) is -0.176. The number of thiophene rings is 1. The molecule has 0 saturated carbocycles. The zero-order valence-electron chi connectivity index (χ0n) is 8.95. The van der Waals surface area contributed by atoms with E-state index < -0.39 is 15.8 Å². The van der Waals surface area contributed by atoms with Crippen LogP contribution in [0.25, 0.3) is 0 Å². The first kappa shape index (κ1) is 15.1. The van der Waals surface area contributed by atoms with Crippen molar-refractivity contribution in [1.29, 1.82) is 0 Å². The minimum absolute atomic E-state index is 0.0151. The molecular formula is C10H5BrCl2FNO2S2. The third-order valence-corrected chi connectivity index (χ3v) is 6.61. The number of hydrogen-bond donors (Lipinski definition) is 1. The quantitative estimate of drug-likeness (QED) is 0.801. The first-order valence-electron chi connectivity index (χ1n) is 4.72. The first-order chi connectivity index (χ1) is 8.79. The highest BCUT2D eigenvalue weighted by Gasteiger charge is 2.20. The van der Waals surface area contributed by atoms with Gasteiger partial charge in [-0.3, -0.25) is 4.72 Å². The molecule has 0 bridgehead atoms. The van der Waals surface area contributed by atoms with Crippen LogP contribution in [0.5, 0.6) is 0 Å². The molecule has 0 aliphatic heterocycles. The van der Waals surface area contributed by atoms with Crippen LogP contribution in [0, 0.1) is 5.82 Å². The Bertz CT molecular complexity index is 714. The largest absolute Gasteiger partial charge is 0.276 e. The highest BCUT2D eigenvalue weighted by Crippen LogP contribution is 2.35. The molecule has 0 spiro atoms. The molecule has 0 aliphatic rings. The number of sulfonamides is 1. The molecule has 0 amide bonds. The maximum atomic E-state index is 13.5. The van der Waals surface area contributed by atoms with E-state index in [1.165, 1.54) is 18.2 Å². The van der Waals surface area contributed by atoms with Crippen LogP contribution >= 0.6 is 50.5 Å². The van der Waals surface area contributed by atoms with Gasteiger partial charge < -0.3 is 0 Å². The standard InChI is InChI=1S/C10H5BrCl2FNO2S2/c11-10-6(13)4-9(18-10)19(16,17)15-8-2-1-5(12)3-7(8)14/h1-4,15H. The molecule has 0 unspecified atom stereocenters. The molecule has 0 aliphatic carbocycles. The van der Waals surface area contributed by atoms with E-state index in [9.17, 15) is 12.8 Å².